The Hall–Kier alpha value is -1.55. The molecule has 0 saturated carbocycles. The highest BCUT2D eigenvalue weighted by molar-refractivity contribution is 6.30. The Bertz CT molecular complexity index is 696. The number of aryl methyl sites for hydroxylation is 1. The molecule has 27 heavy (non-hydrogen) atoms. The Morgan fingerprint density at radius 1 is 1.11 bits per heavy atom. The summed E-state index contributed by atoms with van der Waals surface area (Å²) in [4.78, 5) is 0. The van der Waals surface area contributed by atoms with Gasteiger partial charge >= 0.3 is 0 Å². The summed E-state index contributed by atoms with van der Waals surface area (Å²) in [5.74, 6) is 1.57. The second-order valence-electron chi connectivity index (χ2n) is 7.49. The van der Waals surface area contributed by atoms with E-state index in [0.717, 1.165) is 49.3 Å². The summed E-state index contributed by atoms with van der Waals surface area (Å²) in [7, 11) is 0. The van der Waals surface area contributed by atoms with Crippen molar-refractivity contribution in [2.45, 2.75) is 45.8 Å². The van der Waals surface area contributed by atoms with Crippen LogP contribution < -0.4 is 15.4 Å². The number of hydrogen-bond acceptors (Lipinski definition) is 3. The third-order valence-electron chi connectivity index (χ3n) is 5.10. The molecule has 1 saturated heterocycles. The van der Waals surface area contributed by atoms with E-state index < -0.39 is 0 Å². The Kier molecular flexibility index (Phi) is 8.00. The predicted octanol–water partition coefficient (Wildman–Crippen LogP) is 4.96. The van der Waals surface area contributed by atoms with Crippen LogP contribution in [0.5, 0.6) is 5.75 Å². The number of nitrogens with one attached hydrogen (secondary N) is 2. The number of rotatable bonds is 10. The lowest BCUT2D eigenvalue weighted by Crippen LogP contribution is -2.24. The van der Waals surface area contributed by atoms with Gasteiger partial charge in [-0.05, 0) is 79.7 Å². The average molecular weight is 387 g/mol. The van der Waals surface area contributed by atoms with Gasteiger partial charge in [0.25, 0.3) is 0 Å². The Balaban J connectivity index is 1.49. The molecule has 0 radical (unpaired) electrons. The summed E-state index contributed by atoms with van der Waals surface area (Å²) in [5.41, 5.74) is 3.75. The number of halogens is 1. The van der Waals surface area contributed by atoms with Gasteiger partial charge in [-0.3, -0.25) is 0 Å². The summed E-state index contributed by atoms with van der Waals surface area (Å²) in [6.07, 6.45) is 4.88. The van der Waals surface area contributed by atoms with E-state index in [4.69, 9.17) is 16.3 Å². The van der Waals surface area contributed by atoms with Crippen LogP contribution in [0.4, 0.5) is 0 Å². The van der Waals surface area contributed by atoms with Crippen LogP contribution in [0.2, 0.25) is 5.02 Å². The first kappa shape index (κ1) is 20.2. The van der Waals surface area contributed by atoms with Crippen molar-refractivity contribution in [1.29, 1.82) is 0 Å². The molecule has 0 amide bonds. The zero-order valence-electron chi connectivity index (χ0n) is 16.3. The molecule has 146 valence electrons. The highest BCUT2D eigenvalue weighted by atomic mass is 35.5. The summed E-state index contributed by atoms with van der Waals surface area (Å²) in [6, 6.07) is 14.7. The van der Waals surface area contributed by atoms with Gasteiger partial charge in [0.1, 0.15) is 12.4 Å². The van der Waals surface area contributed by atoms with Crippen molar-refractivity contribution in [1.82, 2.24) is 10.6 Å². The number of hydrogen-bond donors (Lipinski definition) is 2. The molecule has 4 heteroatoms. The van der Waals surface area contributed by atoms with Crippen molar-refractivity contribution >= 4 is 11.6 Å². The zero-order valence-corrected chi connectivity index (χ0v) is 17.0. The minimum atomic E-state index is 0.564. The Morgan fingerprint density at radius 3 is 2.67 bits per heavy atom. The SMILES string of the molecule is CCCCc1ccc(COc2cc(Cl)cc(CNCC3CCNC3)c2)cc1. The number of benzene rings is 2. The number of unbranched alkanes of at least 4 members (excludes halogenated alkanes) is 1. The molecule has 1 heterocycles. The van der Waals surface area contributed by atoms with Crippen LogP contribution >= 0.6 is 11.6 Å². The van der Waals surface area contributed by atoms with Crippen molar-refractivity contribution in [2.24, 2.45) is 5.92 Å². The monoisotopic (exact) mass is 386 g/mol. The van der Waals surface area contributed by atoms with Gasteiger partial charge in [-0.1, -0.05) is 49.2 Å². The molecule has 2 aromatic rings. The number of ether oxygens (including phenoxy) is 1. The molecule has 0 aliphatic carbocycles. The summed E-state index contributed by atoms with van der Waals surface area (Å²) in [6.45, 7) is 6.91. The molecule has 2 aromatic carbocycles. The van der Waals surface area contributed by atoms with Gasteiger partial charge in [0.2, 0.25) is 0 Å². The second kappa shape index (κ2) is 10.7. The average Bonchev–Trinajstić information content (AvgIpc) is 3.19. The van der Waals surface area contributed by atoms with Crippen molar-refractivity contribution in [3.8, 4) is 5.75 Å². The van der Waals surface area contributed by atoms with Gasteiger partial charge in [-0.2, -0.15) is 0 Å². The molecule has 3 nitrogen and oxygen atoms in total. The van der Waals surface area contributed by atoms with Crippen LogP contribution in [-0.2, 0) is 19.6 Å². The van der Waals surface area contributed by atoms with Crippen LogP contribution in [0.25, 0.3) is 0 Å². The van der Waals surface area contributed by atoms with Crippen molar-refractivity contribution in [2.75, 3.05) is 19.6 Å². The van der Waals surface area contributed by atoms with E-state index in [-0.39, 0.29) is 0 Å². The van der Waals surface area contributed by atoms with Crippen molar-refractivity contribution in [3.05, 3.63) is 64.2 Å². The molecule has 2 N–H and O–H groups in total. The Morgan fingerprint density at radius 2 is 1.93 bits per heavy atom. The van der Waals surface area contributed by atoms with Gasteiger partial charge in [-0.15, -0.1) is 0 Å². The third kappa shape index (κ3) is 6.84. The molecule has 1 atom stereocenters. The quantitative estimate of drug-likeness (QED) is 0.605. The summed E-state index contributed by atoms with van der Waals surface area (Å²) < 4.78 is 5.99. The van der Waals surface area contributed by atoms with Crippen LogP contribution in [0.15, 0.2) is 42.5 Å². The van der Waals surface area contributed by atoms with Crippen LogP contribution in [0.3, 0.4) is 0 Å². The summed E-state index contributed by atoms with van der Waals surface area (Å²) in [5, 5.41) is 7.67. The maximum Gasteiger partial charge on any atom is 0.121 e. The molecular formula is C23H31ClN2O. The first-order chi connectivity index (χ1) is 13.2. The lowest BCUT2D eigenvalue weighted by Gasteiger charge is -2.12. The fraction of sp³-hybridized carbons (Fsp3) is 0.478. The highest BCUT2D eigenvalue weighted by Crippen LogP contribution is 2.22. The lowest BCUT2D eigenvalue weighted by atomic mass is 10.1. The molecule has 0 aromatic heterocycles. The maximum atomic E-state index is 6.29. The second-order valence-corrected chi connectivity index (χ2v) is 7.93. The van der Waals surface area contributed by atoms with E-state index in [0.29, 0.717) is 6.61 Å². The van der Waals surface area contributed by atoms with E-state index in [1.165, 1.54) is 36.0 Å². The lowest BCUT2D eigenvalue weighted by molar-refractivity contribution is 0.306. The molecule has 1 unspecified atom stereocenters. The van der Waals surface area contributed by atoms with E-state index in [2.05, 4.69) is 47.9 Å². The first-order valence-electron chi connectivity index (χ1n) is 10.1. The van der Waals surface area contributed by atoms with Gasteiger partial charge in [0.15, 0.2) is 0 Å². The van der Waals surface area contributed by atoms with E-state index in [1.54, 1.807) is 0 Å². The third-order valence-corrected chi connectivity index (χ3v) is 5.32. The highest BCUT2D eigenvalue weighted by Gasteiger charge is 2.13. The molecule has 0 bridgehead atoms. The predicted molar refractivity (Wildman–Crippen MR) is 114 cm³/mol. The minimum Gasteiger partial charge on any atom is -0.489 e. The van der Waals surface area contributed by atoms with Crippen molar-refractivity contribution in [3.63, 3.8) is 0 Å². The van der Waals surface area contributed by atoms with Crippen LogP contribution in [-0.4, -0.2) is 19.6 Å². The molecule has 1 aliphatic rings. The molecule has 0 spiro atoms. The largest absolute Gasteiger partial charge is 0.489 e. The molecule has 1 aliphatic heterocycles. The van der Waals surface area contributed by atoms with Gasteiger partial charge < -0.3 is 15.4 Å². The summed E-state index contributed by atoms with van der Waals surface area (Å²) >= 11 is 6.29. The molecule has 3 rings (SSSR count). The smallest absolute Gasteiger partial charge is 0.121 e. The van der Waals surface area contributed by atoms with E-state index in [9.17, 15) is 0 Å². The van der Waals surface area contributed by atoms with Gasteiger partial charge in [0, 0.05) is 11.6 Å². The standard InChI is InChI=1S/C23H31ClN2O/c1-2-3-4-18-5-7-19(8-6-18)17-27-23-12-21(11-22(24)13-23)16-26-15-20-9-10-25-14-20/h5-8,11-13,20,25-26H,2-4,9-10,14-17H2,1H3. The fourth-order valence-corrected chi connectivity index (χ4v) is 3.71. The van der Waals surface area contributed by atoms with Gasteiger partial charge in [0.05, 0.1) is 0 Å². The Labute approximate surface area is 168 Å². The minimum absolute atomic E-state index is 0.564. The maximum absolute atomic E-state index is 6.29. The van der Waals surface area contributed by atoms with E-state index in [1.807, 2.05) is 12.1 Å². The van der Waals surface area contributed by atoms with E-state index >= 15 is 0 Å². The van der Waals surface area contributed by atoms with Crippen LogP contribution in [0, 0.1) is 5.92 Å². The normalized spacial score (nSPS) is 16.6. The van der Waals surface area contributed by atoms with Crippen LogP contribution in [0.1, 0.15) is 42.9 Å². The zero-order chi connectivity index (χ0) is 18.9. The molecular weight excluding hydrogens is 356 g/mol. The fourth-order valence-electron chi connectivity index (χ4n) is 3.47. The topological polar surface area (TPSA) is 33.3 Å². The van der Waals surface area contributed by atoms with Gasteiger partial charge in [-0.25, -0.2) is 0 Å². The first-order valence-corrected chi connectivity index (χ1v) is 10.5. The van der Waals surface area contributed by atoms with Crippen molar-refractivity contribution < 1.29 is 4.74 Å². The molecule has 1 fully saturated rings.